The normalized spacial score (nSPS) is 14.0. The Morgan fingerprint density at radius 2 is 2.09 bits per heavy atom. The molecule has 0 aliphatic carbocycles. The molecule has 0 spiro atoms. The number of ether oxygens (including phenoxy) is 3. The van der Waals surface area contributed by atoms with Crippen molar-refractivity contribution < 1.29 is 14.2 Å². The topological polar surface area (TPSA) is 39.7 Å². The van der Waals surface area contributed by atoms with Crippen molar-refractivity contribution in [3.05, 3.63) is 52.0 Å². The molecule has 2 aromatic rings. The van der Waals surface area contributed by atoms with Crippen LogP contribution in [0.4, 0.5) is 0 Å². The molecular formula is C17H18BrNO3. The van der Waals surface area contributed by atoms with E-state index in [4.69, 9.17) is 14.2 Å². The molecule has 1 N–H and O–H groups in total. The average Bonchev–Trinajstić information content (AvgIpc) is 3.00. The monoisotopic (exact) mass is 363 g/mol. The zero-order valence-corrected chi connectivity index (χ0v) is 14.1. The molecule has 1 unspecified atom stereocenters. The molecule has 1 aliphatic heterocycles. The second-order valence-corrected chi connectivity index (χ2v) is 6.01. The van der Waals surface area contributed by atoms with Gasteiger partial charge in [-0.25, -0.2) is 0 Å². The van der Waals surface area contributed by atoms with E-state index in [1.807, 2.05) is 24.3 Å². The van der Waals surface area contributed by atoms with Crippen LogP contribution in [0.2, 0.25) is 0 Å². The maximum Gasteiger partial charge on any atom is 0.231 e. The first-order valence-electron chi connectivity index (χ1n) is 7.13. The third-order valence-electron chi connectivity index (χ3n) is 3.70. The summed E-state index contributed by atoms with van der Waals surface area (Å²) in [5.41, 5.74) is 2.33. The first-order valence-corrected chi connectivity index (χ1v) is 7.92. The highest BCUT2D eigenvalue weighted by Gasteiger charge is 2.20. The Bertz CT molecular complexity index is 675. The molecule has 3 rings (SSSR count). The zero-order valence-electron chi connectivity index (χ0n) is 12.6. The lowest BCUT2D eigenvalue weighted by Crippen LogP contribution is -2.18. The van der Waals surface area contributed by atoms with Crippen molar-refractivity contribution in [2.24, 2.45) is 0 Å². The molecule has 0 saturated carbocycles. The van der Waals surface area contributed by atoms with Crippen molar-refractivity contribution in [2.45, 2.75) is 19.5 Å². The Kier molecular flexibility index (Phi) is 4.55. The molecule has 116 valence electrons. The van der Waals surface area contributed by atoms with E-state index < -0.39 is 0 Å². The van der Waals surface area contributed by atoms with Gasteiger partial charge in [-0.3, -0.25) is 0 Å². The minimum absolute atomic E-state index is 0.229. The number of hydrogen-bond donors (Lipinski definition) is 1. The summed E-state index contributed by atoms with van der Waals surface area (Å²) < 4.78 is 17.3. The standard InChI is InChI=1S/C17H18BrNO3/c1-11(13-5-3-4-6-14(13)18)19-9-12-7-15(20-2)17-16(8-12)21-10-22-17/h3-8,11,19H,9-10H2,1-2H3. The zero-order chi connectivity index (χ0) is 15.5. The third-order valence-corrected chi connectivity index (χ3v) is 4.42. The van der Waals surface area contributed by atoms with Gasteiger partial charge in [-0.1, -0.05) is 34.1 Å². The second-order valence-electron chi connectivity index (χ2n) is 5.16. The van der Waals surface area contributed by atoms with Gasteiger partial charge >= 0.3 is 0 Å². The Hall–Kier alpha value is -1.72. The molecule has 0 bridgehead atoms. The SMILES string of the molecule is COc1cc(CNC(C)c2ccccc2Br)cc2c1OCO2. The first kappa shape index (κ1) is 15.2. The summed E-state index contributed by atoms with van der Waals surface area (Å²) >= 11 is 3.59. The fourth-order valence-electron chi connectivity index (χ4n) is 2.49. The van der Waals surface area contributed by atoms with E-state index in [2.05, 4.69) is 40.3 Å². The Morgan fingerprint density at radius 1 is 1.27 bits per heavy atom. The number of fused-ring (bicyclic) bond motifs is 1. The molecule has 0 amide bonds. The van der Waals surface area contributed by atoms with E-state index in [9.17, 15) is 0 Å². The molecule has 2 aromatic carbocycles. The van der Waals surface area contributed by atoms with Crippen LogP contribution in [0.25, 0.3) is 0 Å². The molecule has 22 heavy (non-hydrogen) atoms. The van der Waals surface area contributed by atoms with Gasteiger partial charge in [-0.15, -0.1) is 0 Å². The molecule has 0 saturated heterocycles. The molecule has 4 nitrogen and oxygen atoms in total. The number of methoxy groups -OCH3 is 1. The van der Waals surface area contributed by atoms with Crippen molar-refractivity contribution in [2.75, 3.05) is 13.9 Å². The van der Waals surface area contributed by atoms with Gasteiger partial charge in [-0.2, -0.15) is 0 Å². The maximum absolute atomic E-state index is 5.45. The van der Waals surface area contributed by atoms with E-state index >= 15 is 0 Å². The van der Waals surface area contributed by atoms with Gasteiger partial charge in [0.2, 0.25) is 12.5 Å². The van der Waals surface area contributed by atoms with E-state index in [0.717, 1.165) is 22.3 Å². The fourth-order valence-corrected chi connectivity index (χ4v) is 3.12. The molecule has 0 aromatic heterocycles. The lowest BCUT2D eigenvalue weighted by molar-refractivity contribution is 0.171. The fraction of sp³-hybridized carbons (Fsp3) is 0.294. The van der Waals surface area contributed by atoms with Gasteiger partial charge in [-0.05, 0) is 36.2 Å². The van der Waals surface area contributed by atoms with Crippen molar-refractivity contribution in [3.63, 3.8) is 0 Å². The largest absolute Gasteiger partial charge is 0.493 e. The van der Waals surface area contributed by atoms with Crippen molar-refractivity contribution >= 4 is 15.9 Å². The molecule has 0 fully saturated rings. The minimum atomic E-state index is 0.229. The number of rotatable bonds is 5. The summed E-state index contributed by atoms with van der Waals surface area (Å²) in [5, 5.41) is 3.52. The Labute approximate surface area is 138 Å². The van der Waals surface area contributed by atoms with Gasteiger partial charge in [0.05, 0.1) is 7.11 Å². The smallest absolute Gasteiger partial charge is 0.231 e. The van der Waals surface area contributed by atoms with Gasteiger partial charge in [0.25, 0.3) is 0 Å². The molecule has 1 aliphatic rings. The Morgan fingerprint density at radius 3 is 2.86 bits per heavy atom. The van der Waals surface area contributed by atoms with Crippen LogP contribution in [0, 0.1) is 0 Å². The highest BCUT2D eigenvalue weighted by molar-refractivity contribution is 9.10. The number of hydrogen-bond acceptors (Lipinski definition) is 4. The molecular weight excluding hydrogens is 346 g/mol. The maximum atomic E-state index is 5.45. The molecule has 5 heteroatoms. The first-order chi connectivity index (χ1) is 10.7. The number of benzene rings is 2. The molecule has 1 heterocycles. The highest BCUT2D eigenvalue weighted by atomic mass is 79.9. The van der Waals surface area contributed by atoms with E-state index in [1.165, 1.54) is 5.56 Å². The quantitative estimate of drug-likeness (QED) is 0.870. The summed E-state index contributed by atoms with van der Waals surface area (Å²) in [6.07, 6.45) is 0. The van der Waals surface area contributed by atoms with E-state index in [0.29, 0.717) is 11.5 Å². The summed E-state index contributed by atoms with van der Waals surface area (Å²) in [4.78, 5) is 0. The second kappa shape index (κ2) is 6.58. The van der Waals surface area contributed by atoms with E-state index in [1.54, 1.807) is 7.11 Å². The van der Waals surface area contributed by atoms with Crippen LogP contribution in [0.1, 0.15) is 24.1 Å². The van der Waals surface area contributed by atoms with Crippen LogP contribution < -0.4 is 19.5 Å². The van der Waals surface area contributed by atoms with Gasteiger partial charge in [0.15, 0.2) is 11.5 Å². The van der Waals surface area contributed by atoms with Crippen molar-refractivity contribution in [3.8, 4) is 17.2 Å². The Balaban J connectivity index is 1.73. The number of nitrogens with one attached hydrogen (secondary N) is 1. The number of halogens is 1. The predicted octanol–water partition coefficient (Wildman–Crippen LogP) is 4.04. The van der Waals surface area contributed by atoms with Crippen LogP contribution in [0.3, 0.4) is 0 Å². The lowest BCUT2D eigenvalue weighted by atomic mass is 10.1. The summed E-state index contributed by atoms with van der Waals surface area (Å²) in [6.45, 7) is 3.11. The van der Waals surface area contributed by atoms with Gasteiger partial charge in [0, 0.05) is 17.1 Å². The molecule has 1 atom stereocenters. The molecule has 0 radical (unpaired) electrons. The summed E-state index contributed by atoms with van der Waals surface area (Å²) in [5.74, 6) is 2.13. The van der Waals surface area contributed by atoms with Crippen molar-refractivity contribution in [1.29, 1.82) is 0 Å². The summed E-state index contributed by atoms with van der Waals surface area (Å²) in [6, 6.07) is 12.4. The predicted molar refractivity (Wildman–Crippen MR) is 88.5 cm³/mol. The van der Waals surface area contributed by atoms with Crippen LogP contribution in [-0.4, -0.2) is 13.9 Å². The van der Waals surface area contributed by atoms with Gasteiger partial charge in [0.1, 0.15) is 0 Å². The third kappa shape index (κ3) is 3.05. The lowest BCUT2D eigenvalue weighted by Gasteiger charge is -2.16. The summed E-state index contributed by atoms with van der Waals surface area (Å²) in [7, 11) is 1.64. The van der Waals surface area contributed by atoms with Gasteiger partial charge < -0.3 is 19.5 Å². The van der Waals surface area contributed by atoms with Crippen LogP contribution in [0.5, 0.6) is 17.2 Å². The minimum Gasteiger partial charge on any atom is -0.493 e. The van der Waals surface area contributed by atoms with Crippen molar-refractivity contribution in [1.82, 2.24) is 5.32 Å². The van der Waals surface area contributed by atoms with Crippen LogP contribution in [0.15, 0.2) is 40.9 Å². The van der Waals surface area contributed by atoms with Crippen LogP contribution >= 0.6 is 15.9 Å². The van der Waals surface area contributed by atoms with Crippen LogP contribution in [-0.2, 0) is 6.54 Å². The van der Waals surface area contributed by atoms with E-state index in [-0.39, 0.29) is 12.8 Å². The average molecular weight is 364 g/mol. The highest BCUT2D eigenvalue weighted by Crippen LogP contribution is 2.41.